The maximum atomic E-state index is 14.2. The molecule has 1 aliphatic carbocycles. The summed E-state index contributed by atoms with van der Waals surface area (Å²) in [4.78, 5) is 2.19. The molecular weight excluding hydrogens is 355 g/mol. The molecule has 132 valence electrons. The minimum atomic E-state index is -4.50. The average Bonchev–Trinajstić information content (AvgIpc) is 3.26. The number of alkyl halides is 3. The third kappa shape index (κ3) is 4.72. The highest BCUT2D eigenvalue weighted by Crippen LogP contribution is 2.45. The number of piperazine rings is 1. The third-order valence-corrected chi connectivity index (χ3v) is 4.26. The first kappa shape index (κ1) is 20.5. The van der Waals surface area contributed by atoms with Gasteiger partial charge in [-0.25, -0.2) is 4.39 Å². The van der Waals surface area contributed by atoms with Gasteiger partial charge in [0.05, 0.1) is 5.56 Å². The standard InChI is InChI=1S/C15H18F4N2.2ClH/c16-13-9-11(15(17,18)19)3-4-12(13)14(10-1-2-10)21-7-5-20-6-8-21;;/h3-4,9-10,14,20H,1-2,5-8H2;2*1H/t14-;;/m1../s1. The second-order valence-corrected chi connectivity index (χ2v) is 5.80. The number of hydrogen-bond acceptors (Lipinski definition) is 2. The molecule has 1 N–H and O–H groups in total. The van der Waals surface area contributed by atoms with E-state index in [1.807, 2.05) is 0 Å². The van der Waals surface area contributed by atoms with E-state index in [2.05, 4.69) is 10.2 Å². The lowest BCUT2D eigenvalue weighted by Crippen LogP contribution is -2.45. The highest BCUT2D eigenvalue weighted by atomic mass is 35.5. The van der Waals surface area contributed by atoms with Crippen LogP contribution in [0.3, 0.4) is 0 Å². The van der Waals surface area contributed by atoms with Gasteiger partial charge < -0.3 is 5.32 Å². The molecule has 1 heterocycles. The van der Waals surface area contributed by atoms with Crippen molar-refractivity contribution < 1.29 is 17.6 Å². The van der Waals surface area contributed by atoms with E-state index >= 15 is 0 Å². The van der Waals surface area contributed by atoms with Crippen LogP contribution < -0.4 is 5.32 Å². The lowest BCUT2D eigenvalue weighted by atomic mass is 9.97. The van der Waals surface area contributed by atoms with Gasteiger partial charge in [0, 0.05) is 37.8 Å². The molecule has 1 aromatic carbocycles. The van der Waals surface area contributed by atoms with Gasteiger partial charge in [-0.05, 0) is 30.9 Å². The summed E-state index contributed by atoms with van der Waals surface area (Å²) >= 11 is 0. The summed E-state index contributed by atoms with van der Waals surface area (Å²) < 4.78 is 52.2. The first-order valence-corrected chi connectivity index (χ1v) is 7.28. The normalized spacial score (nSPS) is 20.3. The molecule has 2 aliphatic rings. The third-order valence-electron chi connectivity index (χ3n) is 4.26. The topological polar surface area (TPSA) is 15.3 Å². The predicted molar refractivity (Wildman–Crippen MR) is 85.8 cm³/mol. The van der Waals surface area contributed by atoms with Crippen LogP contribution in [0.25, 0.3) is 0 Å². The predicted octanol–water partition coefficient (Wildman–Crippen LogP) is 4.04. The quantitative estimate of drug-likeness (QED) is 0.803. The first-order valence-electron chi connectivity index (χ1n) is 7.28. The van der Waals surface area contributed by atoms with Gasteiger partial charge in [0.2, 0.25) is 0 Å². The lowest BCUT2D eigenvalue weighted by molar-refractivity contribution is -0.137. The molecule has 1 aliphatic heterocycles. The first-order chi connectivity index (χ1) is 9.97. The molecule has 2 fully saturated rings. The van der Waals surface area contributed by atoms with Crippen LogP contribution in [0.4, 0.5) is 17.6 Å². The van der Waals surface area contributed by atoms with E-state index in [0.29, 0.717) is 17.5 Å². The highest BCUT2D eigenvalue weighted by molar-refractivity contribution is 5.85. The van der Waals surface area contributed by atoms with Crippen molar-refractivity contribution in [3.8, 4) is 0 Å². The zero-order valence-corrected chi connectivity index (χ0v) is 14.0. The van der Waals surface area contributed by atoms with Crippen LogP contribution in [0.15, 0.2) is 18.2 Å². The fraction of sp³-hybridized carbons (Fsp3) is 0.600. The van der Waals surface area contributed by atoms with Crippen LogP contribution in [0.2, 0.25) is 0 Å². The van der Waals surface area contributed by atoms with Crippen molar-refractivity contribution >= 4 is 24.8 Å². The van der Waals surface area contributed by atoms with Gasteiger partial charge in [-0.15, -0.1) is 24.8 Å². The molecule has 0 radical (unpaired) electrons. The molecular formula is C15H20Cl2F4N2. The summed E-state index contributed by atoms with van der Waals surface area (Å²) in [5.41, 5.74) is -0.508. The molecule has 0 bridgehead atoms. The molecule has 3 rings (SSSR count). The van der Waals surface area contributed by atoms with Crippen LogP contribution >= 0.6 is 24.8 Å². The number of rotatable bonds is 3. The Hall–Kier alpha value is -0.560. The van der Waals surface area contributed by atoms with Crippen LogP contribution in [0.5, 0.6) is 0 Å². The van der Waals surface area contributed by atoms with Gasteiger partial charge in [-0.1, -0.05) is 6.07 Å². The van der Waals surface area contributed by atoms with Crippen molar-refractivity contribution in [1.82, 2.24) is 10.2 Å². The van der Waals surface area contributed by atoms with Crippen LogP contribution in [-0.2, 0) is 6.18 Å². The Morgan fingerprint density at radius 3 is 2.17 bits per heavy atom. The molecule has 1 aromatic rings. The summed E-state index contributed by atoms with van der Waals surface area (Å²) in [6.07, 6.45) is -2.45. The molecule has 1 saturated heterocycles. The average molecular weight is 375 g/mol. The smallest absolute Gasteiger partial charge is 0.314 e. The molecule has 0 spiro atoms. The van der Waals surface area contributed by atoms with Gasteiger partial charge >= 0.3 is 6.18 Å². The van der Waals surface area contributed by atoms with Crippen LogP contribution in [0, 0.1) is 11.7 Å². The molecule has 1 atom stereocenters. The number of nitrogens with zero attached hydrogens (tertiary/aromatic N) is 1. The number of halogens is 6. The molecule has 0 unspecified atom stereocenters. The fourth-order valence-electron chi connectivity index (χ4n) is 3.06. The Morgan fingerprint density at radius 1 is 1.09 bits per heavy atom. The Labute approximate surface area is 145 Å². The molecule has 2 nitrogen and oxygen atoms in total. The van der Waals surface area contributed by atoms with E-state index in [-0.39, 0.29) is 30.9 Å². The van der Waals surface area contributed by atoms with Gasteiger partial charge in [0.15, 0.2) is 0 Å². The zero-order chi connectivity index (χ0) is 15.0. The highest BCUT2D eigenvalue weighted by Gasteiger charge is 2.39. The van der Waals surface area contributed by atoms with E-state index < -0.39 is 17.6 Å². The van der Waals surface area contributed by atoms with Gasteiger partial charge in [-0.2, -0.15) is 13.2 Å². The summed E-state index contributed by atoms with van der Waals surface area (Å²) in [5.74, 6) is -0.366. The minimum Gasteiger partial charge on any atom is -0.314 e. The van der Waals surface area contributed by atoms with Crippen molar-refractivity contribution in [3.05, 3.63) is 35.1 Å². The number of hydrogen-bond donors (Lipinski definition) is 1. The molecule has 0 aromatic heterocycles. The van der Waals surface area contributed by atoms with Crippen molar-refractivity contribution in [2.75, 3.05) is 26.2 Å². The van der Waals surface area contributed by atoms with Crippen LogP contribution in [-0.4, -0.2) is 31.1 Å². The summed E-state index contributed by atoms with van der Waals surface area (Å²) in [6.45, 7) is 3.29. The minimum absolute atomic E-state index is 0. The van der Waals surface area contributed by atoms with E-state index in [4.69, 9.17) is 0 Å². The second kappa shape index (κ2) is 8.01. The summed E-state index contributed by atoms with van der Waals surface area (Å²) in [7, 11) is 0. The SMILES string of the molecule is Cl.Cl.Fc1cc(C(F)(F)F)ccc1[C@@H](C1CC1)N1CCNCC1. The van der Waals surface area contributed by atoms with Crippen molar-refractivity contribution in [2.45, 2.75) is 25.1 Å². The number of nitrogens with one attached hydrogen (secondary N) is 1. The van der Waals surface area contributed by atoms with Crippen molar-refractivity contribution in [3.63, 3.8) is 0 Å². The fourth-order valence-corrected chi connectivity index (χ4v) is 3.06. The Morgan fingerprint density at radius 2 is 1.70 bits per heavy atom. The maximum absolute atomic E-state index is 14.2. The molecule has 0 amide bonds. The zero-order valence-electron chi connectivity index (χ0n) is 12.4. The summed E-state index contributed by atoms with van der Waals surface area (Å²) in [5, 5.41) is 3.24. The monoisotopic (exact) mass is 374 g/mol. The van der Waals surface area contributed by atoms with Gasteiger partial charge in [0.1, 0.15) is 5.82 Å². The second-order valence-electron chi connectivity index (χ2n) is 5.80. The van der Waals surface area contributed by atoms with E-state index in [1.54, 1.807) is 0 Å². The maximum Gasteiger partial charge on any atom is 0.416 e. The summed E-state index contributed by atoms with van der Waals surface area (Å²) in [6, 6.07) is 2.86. The van der Waals surface area contributed by atoms with Crippen molar-refractivity contribution in [2.24, 2.45) is 5.92 Å². The lowest BCUT2D eigenvalue weighted by Gasteiger charge is -2.35. The van der Waals surface area contributed by atoms with Gasteiger partial charge in [0.25, 0.3) is 0 Å². The Kier molecular flexibility index (Phi) is 7.13. The van der Waals surface area contributed by atoms with Crippen LogP contribution in [0.1, 0.15) is 30.0 Å². The van der Waals surface area contributed by atoms with E-state index in [9.17, 15) is 17.6 Å². The Bertz CT molecular complexity index is 515. The number of benzene rings is 1. The largest absolute Gasteiger partial charge is 0.416 e. The van der Waals surface area contributed by atoms with Gasteiger partial charge in [-0.3, -0.25) is 4.90 Å². The Balaban J connectivity index is 0.00000132. The van der Waals surface area contributed by atoms with Crippen molar-refractivity contribution in [1.29, 1.82) is 0 Å². The molecule has 23 heavy (non-hydrogen) atoms. The van der Waals surface area contributed by atoms with E-state index in [0.717, 1.165) is 45.1 Å². The molecule has 1 saturated carbocycles. The molecule has 8 heteroatoms. The van der Waals surface area contributed by atoms with E-state index in [1.165, 1.54) is 6.07 Å².